The van der Waals surface area contributed by atoms with Crippen LogP contribution in [-0.2, 0) is 4.79 Å². The van der Waals surface area contributed by atoms with E-state index in [2.05, 4.69) is 5.32 Å². The third-order valence-corrected chi connectivity index (χ3v) is 0.647. The SMILES string of the molecule is CC(C)NC(=O)N(N)N.O=CO. The van der Waals surface area contributed by atoms with Crippen molar-refractivity contribution in [3.63, 3.8) is 0 Å². The minimum absolute atomic E-state index is 0.0621. The molecule has 0 bridgehead atoms. The molecule has 0 aliphatic rings. The quantitative estimate of drug-likeness (QED) is 0.175. The molecule has 0 saturated carbocycles. The zero-order valence-corrected chi connectivity index (χ0v) is 7.02. The molecule has 0 aliphatic carbocycles. The first-order valence-electron chi connectivity index (χ1n) is 3.13. The highest BCUT2D eigenvalue weighted by molar-refractivity contribution is 5.72. The number of carbonyl (C=O) groups excluding carboxylic acids is 1. The molecule has 0 rings (SSSR count). The van der Waals surface area contributed by atoms with Crippen molar-refractivity contribution in [3.8, 4) is 0 Å². The molecule has 0 spiro atoms. The Morgan fingerprint density at radius 3 is 2.00 bits per heavy atom. The molecule has 0 unspecified atom stereocenters. The van der Waals surface area contributed by atoms with Crippen molar-refractivity contribution in [2.75, 3.05) is 0 Å². The van der Waals surface area contributed by atoms with Crippen molar-refractivity contribution in [2.45, 2.75) is 19.9 Å². The Morgan fingerprint density at radius 1 is 1.58 bits per heavy atom. The minimum Gasteiger partial charge on any atom is -0.483 e. The third-order valence-electron chi connectivity index (χ3n) is 0.647. The van der Waals surface area contributed by atoms with Gasteiger partial charge in [-0.15, -0.1) is 0 Å². The first-order valence-corrected chi connectivity index (χ1v) is 3.13. The number of carboxylic acid groups (broad SMARTS) is 1. The molecule has 7 heteroatoms. The minimum atomic E-state index is -0.481. The summed E-state index contributed by atoms with van der Waals surface area (Å²) >= 11 is 0. The second kappa shape index (κ2) is 7.76. The van der Waals surface area contributed by atoms with E-state index in [1.165, 1.54) is 0 Å². The highest BCUT2D eigenvalue weighted by atomic mass is 16.3. The fourth-order valence-corrected chi connectivity index (χ4v) is 0.321. The Kier molecular flexibility index (Phi) is 8.58. The lowest BCUT2D eigenvalue weighted by Gasteiger charge is -2.12. The molecule has 0 heterocycles. The number of rotatable bonds is 1. The summed E-state index contributed by atoms with van der Waals surface area (Å²) in [5.74, 6) is 9.77. The number of nitrogens with zero attached hydrogens (tertiary/aromatic N) is 1. The molecule has 7 nitrogen and oxygen atoms in total. The van der Waals surface area contributed by atoms with Gasteiger partial charge in [0.15, 0.2) is 0 Å². The number of nitrogens with two attached hydrogens (primary N) is 2. The van der Waals surface area contributed by atoms with Crippen LogP contribution in [0.5, 0.6) is 0 Å². The van der Waals surface area contributed by atoms with E-state index in [4.69, 9.17) is 21.6 Å². The number of nitrogens with one attached hydrogen (secondary N) is 1. The summed E-state index contributed by atoms with van der Waals surface area (Å²) in [6, 6.07) is -0.419. The van der Waals surface area contributed by atoms with Crippen LogP contribution in [0.1, 0.15) is 13.8 Å². The van der Waals surface area contributed by atoms with E-state index in [0.29, 0.717) is 5.12 Å². The lowest BCUT2D eigenvalue weighted by atomic mass is 10.4. The van der Waals surface area contributed by atoms with E-state index in [1.807, 2.05) is 13.8 Å². The normalized spacial score (nSPS) is 8.08. The Morgan fingerprint density at radius 2 is 1.92 bits per heavy atom. The molecule has 0 aromatic carbocycles. The maximum absolute atomic E-state index is 10.5. The summed E-state index contributed by atoms with van der Waals surface area (Å²) in [4.78, 5) is 18.9. The Labute approximate surface area is 70.3 Å². The summed E-state index contributed by atoms with van der Waals surface area (Å²) in [6.07, 6.45) is 0. The Hall–Kier alpha value is -1.34. The molecular weight excluding hydrogens is 164 g/mol. The molecule has 0 saturated heterocycles. The lowest BCUT2D eigenvalue weighted by molar-refractivity contribution is -0.122. The van der Waals surface area contributed by atoms with E-state index in [-0.39, 0.29) is 12.5 Å². The van der Waals surface area contributed by atoms with Gasteiger partial charge in [0.2, 0.25) is 0 Å². The fourth-order valence-electron chi connectivity index (χ4n) is 0.321. The summed E-state index contributed by atoms with van der Waals surface area (Å²) in [5.41, 5.74) is 0. The molecule has 0 aromatic rings. The van der Waals surface area contributed by atoms with Gasteiger partial charge in [0.25, 0.3) is 6.47 Å². The molecule has 0 fully saturated rings. The molecule has 0 aromatic heterocycles. The number of amides is 2. The van der Waals surface area contributed by atoms with Crippen LogP contribution in [-0.4, -0.2) is 28.8 Å². The van der Waals surface area contributed by atoms with Gasteiger partial charge >= 0.3 is 6.03 Å². The highest BCUT2D eigenvalue weighted by Crippen LogP contribution is 1.77. The molecule has 0 atom stereocenters. The average molecular weight is 178 g/mol. The molecule has 12 heavy (non-hydrogen) atoms. The summed E-state index contributed by atoms with van der Waals surface area (Å²) in [6.45, 7) is 3.39. The molecule has 0 aliphatic heterocycles. The zero-order valence-electron chi connectivity index (χ0n) is 7.02. The van der Waals surface area contributed by atoms with Crippen molar-refractivity contribution < 1.29 is 14.7 Å². The van der Waals surface area contributed by atoms with E-state index in [0.717, 1.165) is 0 Å². The highest BCUT2D eigenvalue weighted by Gasteiger charge is 2.03. The third kappa shape index (κ3) is 11.5. The summed E-state index contributed by atoms with van der Waals surface area (Å²) in [7, 11) is 0. The van der Waals surface area contributed by atoms with Crippen LogP contribution >= 0.6 is 0 Å². The van der Waals surface area contributed by atoms with Gasteiger partial charge in [0, 0.05) is 6.04 Å². The number of urea groups is 1. The standard InChI is InChI=1S/C4H12N4O.CH2O2/c1-3(2)7-4(9)8(5)6;2-1-3/h3H,5-6H2,1-2H3,(H,7,9);1H,(H,2,3). The molecule has 6 N–H and O–H groups in total. The van der Waals surface area contributed by atoms with Gasteiger partial charge < -0.3 is 10.4 Å². The maximum atomic E-state index is 10.5. The first kappa shape index (κ1) is 13.3. The number of hydrazine groups is 2. The van der Waals surface area contributed by atoms with Crippen molar-refractivity contribution >= 4 is 12.5 Å². The lowest BCUT2D eigenvalue weighted by Crippen LogP contribution is -2.50. The Balaban J connectivity index is 0. The van der Waals surface area contributed by atoms with Gasteiger partial charge in [-0.05, 0) is 13.8 Å². The Bertz CT molecular complexity index is 137. The monoisotopic (exact) mass is 178 g/mol. The predicted octanol–water partition coefficient (Wildman–Crippen LogP) is -1.15. The van der Waals surface area contributed by atoms with Crippen molar-refractivity contribution in [3.05, 3.63) is 0 Å². The average Bonchev–Trinajstić information content (AvgIpc) is 1.87. The predicted molar refractivity (Wildman–Crippen MR) is 42.6 cm³/mol. The van der Waals surface area contributed by atoms with Gasteiger partial charge in [-0.1, -0.05) is 0 Å². The summed E-state index contributed by atoms with van der Waals surface area (Å²) < 4.78 is 0. The number of carbonyl (C=O) groups is 2. The topological polar surface area (TPSA) is 122 Å². The van der Waals surface area contributed by atoms with E-state index < -0.39 is 6.03 Å². The fraction of sp³-hybridized carbons (Fsp3) is 0.600. The van der Waals surface area contributed by atoms with E-state index in [1.54, 1.807) is 0 Å². The van der Waals surface area contributed by atoms with Crippen LogP contribution in [0.4, 0.5) is 4.79 Å². The molecule has 2 amide bonds. The maximum Gasteiger partial charge on any atom is 0.346 e. The zero-order chi connectivity index (χ0) is 10.1. The van der Waals surface area contributed by atoms with Crippen molar-refractivity contribution in [1.29, 1.82) is 0 Å². The van der Waals surface area contributed by atoms with Gasteiger partial charge in [-0.3, -0.25) is 4.79 Å². The second-order valence-corrected chi connectivity index (χ2v) is 2.12. The van der Waals surface area contributed by atoms with Crippen LogP contribution in [0.25, 0.3) is 0 Å². The molecule has 72 valence electrons. The van der Waals surface area contributed by atoms with E-state index >= 15 is 0 Å². The van der Waals surface area contributed by atoms with Crippen molar-refractivity contribution in [2.24, 2.45) is 11.7 Å². The summed E-state index contributed by atoms with van der Waals surface area (Å²) in [5, 5.41) is 9.88. The van der Waals surface area contributed by atoms with Crippen LogP contribution in [0.2, 0.25) is 0 Å². The van der Waals surface area contributed by atoms with Gasteiger partial charge in [0.1, 0.15) is 0 Å². The van der Waals surface area contributed by atoms with Crippen LogP contribution < -0.4 is 17.0 Å². The van der Waals surface area contributed by atoms with Crippen molar-refractivity contribution in [1.82, 2.24) is 10.4 Å². The smallest absolute Gasteiger partial charge is 0.346 e. The largest absolute Gasteiger partial charge is 0.483 e. The second-order valence-electron chi connectivity index (χ2n) is 2.12. The first-order chi connectivity index (χ1) is 5.45. The van der Waals surface area contributed by atoms with E-state index in [9.17, 15) is 4.79 Å². The number of hydrogen-bond acceptors (Lipinski definition) is 4. The van der Waals surface area contributed by atoms with Gasteiger partial charge in [-0.25, -0.2) is 16.5 Å². The number of hydrogen-bond donors (Lipinski definition) is 4. The van der Waals surface area contributed by atoms with Crippen LogP contribution in [0, 0.1) is 0 Å². The molecular formula is C5H14N4O3. The van der Waals surface area contributed by atoms with Gasteiger partial charge in [0.05, 0.1) is 0 Å². The van der Waals surface area contributed by atoms with Gasteiger partial charge in [-0.2, -0.15) is 5.12 Å². The van der Waals surface area contributed by atoms with Crippen LogP contribution in [0.3, 0.4) is 0 Å². The van der Waals surface area contributed by atoms with Crippen LogP contribution in [0.15, 0.2) is 0 Å². The molecule has 0 radical (unpaired) electrons.